The largest absolute Gasteiger partial charge is 0.322 e. The zero-order valence-corrected chi connectivity index (χ0v) is 15.0. The molecule has 1 atom stereocenters. The van der Waals surface area contributed by atoms with E-state index in [1.165, 1.54) is 0 Å². The molecule has 6 heteroatoms. The van der Waals surface area contributed by atoms with Crippen LogP contribution in [0.5, 0.6) is 0 Å². The number of aromatic nitrogens is 2. The Balaban J connectivity index is 2.06. The van der Waals surface area contributed by atoms with Crippen LogP contribution >= 0.6 is 11.6 Å². The fourth-order valence-electron chi connectivity index (χ4n) is 2.41. The van der Waals surface area contributed by atoms with Crippen LogP contribution in [0.2, 0.25) is 5.02 Å². The van der Waals surface area contributed by atoms with E-state index in [0.29, 0.717) is 11.6 Å². The molecular formula is C17H23ClN4O. The van der Waals surface area contributed by atoms with Crippen LogP contribution in [0.15, 0.2) is 24.3 Å². The van der Waals surface area contributed by atoms with Gasteiger partial charge in [-0.2, -0.15) is 5.10 Å². The lowest BCUT2D eigenvalue weighted by atomic mass is 10.2. The van der Waals surface area contributed by atoms with Gasteiger partial charge in [-0.15, -0.1) is 0 Å². The summed E-state index contributed by atoms with van der Waals surface area (Å²) in [5.74, 6) is -0.0567. The molecule has 0 spiro atoms. The number of anilines is 1. The molecule has 1 amide bonds. The number of hydrogen-bond donors (Lipinski definition) is 1. The van der Waals surface area contributed by atoms with Crippen molar-refractivity contribution in [2.24, 2.45) is 7.05 Å². The fraction of sp³-hybridized carbons (Fsp3) is 0.412. The van der Waals surface area contributed by atoms with Gasteiger partial charge in [0.05, 0.1) is 23.1 Å². The van der Waals surface area contributed by atoms with Crippen molar-refractivity contribution in [1.82, 2.24) is 14.7 Å². The van der Waals surface area contributed by atoms with Gasteiger partial charge in [0.25, 0.3) is 0 Å². The summed E-state index contributed by atoms with van der Waals surface area (Å²) in [6.45, 7) is 6.32. The zero-order valence-electron chi connectivity index (χ0n) is 14.2. The van der Waals surface area contributed by atoms with Gasteiger partial charge in [-0.25, -0.2) is 0 Å². The molecule has 0 aliphatic carbocycles. The first kappa shape index (κ1) is 17.5. The SMILES string of the molecule is Cc1nn(C)c(C)c1NC(=O)C(C)N(C)Cc1ccccc1Cl. The molecule has 1 aromatic heterocycles. The Bertz CT molecular complexity index is 711. The molecular weight excluding hydrogens is 312 g/mol. The average Bonchev–Trinajstić information content (AvgIpc) is 2.75. The Morgan fingerprint density at radius 1 is 1.39 bits per heavy atom. The number of halogens is 1. The van der Waals surface area contributed by atoms with Gasteiger partial charge in [-0.05, 0) is 39.4 Å². The maximum atomic E-state index is 12.5. The second-order valence-electron chi connectivity index (χ2n) is 5.84. The molecule has 0 bridgehead atoms. The second kappa shape index (κ2) is 7.15. The summed E-state index contributed by atoms with van der Waals surface area (Å²) in [5, 5.41) is 8.02. The van der Waals surface area contributed by atoms with Crippen molar-refractivity contribution in [2.75, 3.05) is 12.4 Å². The minimum Gasteiger partial charge on any atom is -0.322 e. The van der Waals surface area contributed by atoms with Gasteiger partial charge >= 0.3 is 0 Å². The lowest BCUT2D eigenvalue weighted by Crippen LogP contribution is -2.39. The van der Waals surface area contributed by atoms with Crippen LogP contribution in [-0.2, 0) is 18.4 Å². The van der Waals surface area contributed by atoms with Crippen LogP contribution in [0, 0.1) is 13.8 Å². The molecule has 0 aliphatic rings. The predicted molar refractivity (Wildman–Crippen MR) is 93.7 cm³/mol. The molecule has 1 heterocycles. The van der Waals surface area contributed by atoms with Crippen LogP contribution < -0.4 is 5.32 Å². The molecule has 0 saturated heterocycles. The zero-order chi connectivity index (χ0) is 17.1. The molecule has 0 fully saturated rings. The van der Waals surface area contributed by atoms with Crippen molar-refractivity contribution in [3.8, 4) is 0 Å². The minimum atomic E-state index is -0.287. The van der Waals surface area contributed by atoms with Crippen LogP contribution in [0.4, 0.5) is 5.69 Å². The highest BCUT2D eigenvalue weighted by molar-refractivity contribution is 6.31. The van der Waals surface area contributed by atoms with Crippen molar-refractivity contribution in [3.05, 3.63) is 46.2 Å². The summed E-state index contributed by atoms with van der Waals surface area (Å²) in [7, 11) is 3.78. The van der Waals surface area contributed by atoms with E-state index >= 15 is 0 Å². The Labute approximate surface area is 142 Å². The van der Waals surface area contributed by atoms with Gasteiger partial charge in [-0.1, -0.05) is 29.8 Å². The van der Waals surface area contributed by atoms with E-state index in [9.17, 15) is 4.79 Å². The third-order valence-electron chi connectivity index (χ3n) is 4.18. The summed E-state index contributed by atoms with van der Waals surface area (Å²) < 4.78 is 1.77. The number of likely N-dealkylation sites (N-methyl/N-ethyl adjacent to an activating group) is 1. The van der Waals surface area contributed by atoms with Crippen LogP contribution in [-0.4, -0.2) is 33.7 Å². The molecule has 2 rings (SSSR count). The molecule has 124 valence electrons. The van der Waals surface area contributed by atoms with Crippen molar-refractivity contribution < 1.29 is 4.79 Å². The van der Waals surface area contributed by atoms with Gasteiger partial charge < -0.3 is 5.32 Å². The lowest BCUT2D eigenvalue weighted by molar-refractivity contribution is -0.120. The maximum Gasteiger partial charge on any atom is 0.241 e. The smallest absolute Gasteiger partial charge is 0.241 e. The highest BCUT2D eigenvalue weighted by Crippen LogP contribution is 2.20. The third kappa shape index (κ3) is 3.92. The predicted octanol–water partition coefficient (Wildman–Crippen LogP) is 3.15. The first-order valence-corrected chi connectivity index (χ1v) is 7.93. The molecule has 2 aromatic rings. The van der Waals surface area contributed by atoms with E-state index in [4.69, 9.17) is 11.6 Å². The summed E-state index contributed by atoms with van der Waals surface area (Å²) in [6.07, 6.45) is 0. The number of hydrogen-bond acceptors (Lipinski definition) is 3. The number of benzene rings is 1. The van der Waals surface area contributed by atoms with Gasteiger partial charge in [0.15, 0.2) is 0 Å². The maximum absolute atomic E-state index is 12.5. The molecule has 0 radical (unpaired) electrons. The monoisotopic (exact) mass is 334 g/mol. The van der Waals surface area contributed by atoms with E-state index in [1.54, 1.807) is 4.68 Å². The van der Waals surface area contributed by atoms with E-state index < -0.39 is 0 Å². The molecule has 23 heavy (non-hydrogen) atoms. The first-order chi connectivity index (χ1) is 10.8. The molecule has 5 nitrogen and oxygen atoms in total. The van der Waals surface area contributed by atoms with Gasteiger partial charge in [0.2, 0.25) is 5.91 Å². The summed E-state index contributed by atoms with van der Waals surface area (Å²) in [5.41, 5.74) is 3.55. The second-order valence-corrected chi connectivity index (χ2v) is 6.25. The van der Waals surface area contributed by atoms with Crippen LogP contribution in [0.3, 0.4) is 0 Å². The summed E-state index contributed by atoms with van der Waals surface area (Å²) in [4.78, 5) is 14.5. The van der Waals surface area contributed by atoms with Gasteiger partial charge in [-0.3, -0.25) is 14.4 Å². The van der Waals surface area contributed by atoms with Gasteiger partial charge in [0.1, 0.15) is 0 Å². The van der Waals surface area contributed by atoms with Crippen molar-refractivity contribution in [2.45, 2.75) is 33.4 Å². The number of nitrogens with zero attached hydrogens (tertiary/aromatic N) is 3. The minimum absolute atomic E-state index is 0.0567. The Morgan fingerprint density at radius 2 is 2.04 bits per heavy atom. The Morgan fingerprint density at radius 3 is 2.61 bits per heavy atom. The van der Waals surface area contributed by atoms with Crippen LogP contribution in [0.25, 0.3) is 0 Å². The molecule has 1 unspecified atom stereocenters. The van der Waals surface area contributed by atoms with E-state index in [2.05, 4.69) is 10.4 Å². The number of carbonyl (C=O) groups is 1. The number of amides is 1. The van der Waals surface area contributed by atoms with E-state index in [0.717, 1.165) is 22.6 Å². The van der Waals surface area contributed by atoms with E-state index in [-0.39, 0.29) is 11.9 Å². The highest BCUT2D eigenvalue weighted by Gasteiger charge is 2.21. The van der Waals surface area contributed by atoms with Crippen molar-refractivity contribution in [3.63, 3.8) is 0 Å². The summed E-state index contributed by atoms with van der Waals surface area (Å²) in [6, 6.07) is 7.39. The highest BCUT2D eigenvalue weighted by atomic mass is 35.5. The Kier molecular flexibility index (Phi) is 5.44. The van der Waals surface area contributed by atoms with E-state index in [1.807, 2.05) is 64.0 Å². The summed E-state index contributed by atoms with van der Waals surface area (Å²) >= 11 is 6.19. The first-order valence-electron chi connectivity index (χ1n) is 7.56. The van der Waals surface area contributed by atoms with Crippen molar-refractivity contribution in [1.29, 1.82) is 0 Å². The molecule has 1 N–H and O–H groups in total. The quantitative estimate of drug-likeness (QED) is 0.913. The lowest BCUT2D eigenvalue weighted by Gasteiger charge is -2.24. The normalized spacial score (nSPS) is 12.5. The number of aryl methyl sites for hydroxylation is 2. The van der Waals surface area contributed by atoms with Crippen molar-refractivity contribution >= 4 is 23.2 Å². The van der Waals surface area contributed by atoms with Gasteiger partial charge in [0, 0.05) is 18.6 Å². The number of carbonyl (C=O) groups excluding carboxylic acids is 1. The number of rotatable bonds is 5. The molecule has 1 aromatic carbocycles. The fourth-order valence-corrected chi connectivity index (χ4v) is 2.61. The number of nitrogens with one attached hydrogen (secondary N) is 1. The molecule has 0 saturated carbocycles. The Hall–Kier alpha value is -1.85. The molecule has 0 aliphatic heterocycles. The topological polar surface area (TPSA) is 50.2 Å². The third-order valence-corrected chi connectivity index (χ3v) is 4.54. The van der Waals surface area contributed by atoms with Crippen LogP contribution in [0.1, 0.15) is 23.9 Å². The average molecular weight is 335 g/mol. The standard InChI is InChI=1S/C17H23ClN4O/c1-11-16(12(2)22(5)20-11)19-17(23)13(3)21(4)10-14-8-6-7-9-15(14)18/h6-9,13H,10H2,1-5H3,(H,19,23).